The highest BCUT2D eigenvalue weighted by Crippen LogP contribution is 2.23. The molecule has 1 atom stereocenters. The molecule has 3 heteroatoms. The van der Waals surface area contributed by atoms with Gasteiger partial charge in [-0.2, -0.15) is 0 Å². The van der Waals surface area contributed by atoms with E-state index in [-0.39, 0.29) is 5.91 Å². The van der Waals surface area contributed by atoms with Gasteiger partial charge < -0.3 is 10.2 Å². The van der Waals surface area contributed by atoms with Crippen molar-refractivity contribution < 1.29 is 4.79 Å². The summed E-state index contributed by atoms with van der Waals surface area (Å²) in [5.41, 5.74) is 2.09. The van der Waals surface area contributed by atoms with Crippen molar-refractivity contribution >= 4 is 5.91 Å². The van der Waals surface area contributed by atoms with Crippen LogP contribution in [0.2, 0.25) is 0 Å². The first-order chi connectivity index (χ1) is 8.22. The summed E-state index contributed by atoms with van der Waals surface area (Å²) in [5.74, 6) is 0.676. The number of benzene rings is 1. The third-order valence-electron chi connectivity index (χ3n) is 3.49. The summed E-state index contributed by atoms with van der Waals surface area (Å²) >= 11 is 0. The van der Waals surface area contributed by atoms with E-state index in [1.165, 1.54) is 12.0 Å². The standard InChI is InChI=1S/C14H20N2O/c1-3-16(2)14(17)12-6-4-5-11(9-12)13-7-8-15-10-13/h4-6,9,13,15H,3,7-8,10H2,1-2H3/t13-/m0/s1. The monoisotopic (exact) mass is 232 g/mol. The molecule has 1 N–H and O–H groups in total. The van der Waals surface area contributed by atoms with Crippen LogP contribution in [-0.2, 0) is 0 Å². The first-order valence-electron chi connectivity index (χ1n) is 6.28. The molecule has 0 unspecified atom stereocenters. The van der Waals surface area contributed by atoms with Crippen molar-refractivity contribution in [3.8, 4) is 0 Å². The summed E-state index contributed by atoms with van der Waals surface area (Å²) in [6.07, 6.45) is 1.17. The average Bonchev–Trinajstić information content (AvgIpc) is 2.91. The lowest BCUT2D eigenvalue weighted by molar-refractivity contribution is 0.0802. The largest absolute Gasteiger partial charge is 0.342 e. The highest BCUT2D eigenvalue weighted by Gasteiger charge is 2.18. The fourth-order valence-corrected chi connectivity index (χ4v) is 2.23. The van der Waals surface area contributed by atoms with Gasteiger partial charge in [-0.25, -0.2) is 0 Å². The Hall–Kier alpha value is -1.35. The van der Waals surface area contributed by atoms with Crippen molar-refractivity contribution in [3.05, 3.63) is 35.4 Å². The average molecular weight is 232 g/mol. The Bertz CT molecular complexity index is 397. The number of nitrogens with zero attached hydrogens (tertiary/aromatic N) is 1. The predicted octanol–water partition coefficient (Wildman–Crippen LogP) is 1.86. The van der Waals surface area contributed by atoms with Crippen LogP contribution in [0, 0.1) is 0 Å². The van der Waals surface area contributed by atoms with Gasteiger partial charge in [-0.15, -0.1) is 0 Å². The van der Waals surface area contributed by atoms with E-state index < -0.39 is 0 Å². The van der Waals surface area contributed by atoms with E-state index in [4.69, 9.17) is 0 Å². The highest BCUT2D eigenvalue weighted by atomic mass is 16.2. The predicted molar refractivity (Wildman–Crippen MR) is 69.3 cm³/mol. The van der Waals surface area contributed by atoms with Crippen molar-refractivity contribution in [2.45, 2.75) is 19.3 Å². The van der Waals surface area contributed by atoms with Crippen LogP contribution in [0.1, 0.15) is 35.2 Å². The molecule has 1 amide bonds. The summed E-state index contributed by atoms with van der Waals surface area (Å²) in [6.45, 7) is 4.84. The van der Waals surface area contributed by atoms with Gasteiger partial charge in [-0.1, -0.05) is 12.1 Å². The van der Waals surface area contributed by atoms with Crippen molar-refractivity contribution in [2.24, 2.45) is 0 Å². The summed E-state index contributed by atoms with van der Waals surface area (Å²) in [6, 6.07) is 8.07. The van der Waals surface area contributed by atoms with Crippen molar-refractivity contribution in [2.75, 3.05) is 26.7 Å². The van der Waals surface area contributed by atoms with E-state index in [2.05, 4.69) is 11.4 Å². The molecule has 0 radical (unpaired) electrons. The van der Waals surface area contributed by atoms with Crippen molar-refractivity contribution in [1.82, 2.24) is 10.2 Å². The minimum absolute atomic E-state index is 0.111. The fraction of sp³-hybridized carbons (Fsp3) is 0.500. The summed E-state index contributed by atoms with van der Waals surface area (Å²) < 4.78 is 0. The second-order valence-electron chi connectivity index (χ2n) is 4.63. The number of hydrogen-bond donors (Lipinski definition) is 1. The maximum Gasteiger partial charge on any atom is 0.253 e. The number of carbonyl (C=O) groups excluding carboxylic acids is 1. The van der Waals surface area contributed by atoms with E-state index in [9.17, 15) is 4.79 Å². The first kappa shape index (κ1) is 12.1. The molecule has 1 saturated heterocycles. The number of hydrogen-bond acceptors (Lipinski definition) is 2. The molecule has 1 fully saturated rings. The SMILES string of the molecule is CCN(C)C(=O)c1cccc([C@H]2CCNC2)c1. The molecular formula is C14H20N2O. The molecule has 0 bridgehead atoms. The van der Waals surface area contributed by atoms with E-state index in [1.54, 1.807) is 4.90 Å². The molecule has 0 spiro atoms. The molecule has 1 heterocycles. The van der Waals surface area contributed by atoms with Crippen LogP contribution in [0.25, 0.3) is 0 Å². The molecule has 3 nitrogen and oxygen atoms in total. The lowest BCUT2D eigenvalue weighted by Crippen LogP contribution is -2.26. The Morgan fingerprint density at radius 3 is 3.00 bits per heavy atom. The van der Waals surface area contributed by atoms with Gasteiger partial charge in [0.1, 0.15) is 0 Å². The molecule has 92 valence electrons. The van der Waals surface area contributed by atoms with Gasteiger partial charge in [-0.3, -0.25) is 4.79 Å². The van der Waals surface area contributed by atoms with Crippen molar-refractivity contribution in [3.63, 3.8) is 0 Å². The normalized spacial score (nSPS) is 19.3. The molecule has 1 aliphatic rings. The molecule has 0 aliphatic carbocycles. The zero-order valence-electron chi connectivity index (χ0n) is 10.6. The second-order valence-corrected chi connectivity index (χ2v) is 4.63. The fourth-order valence-electron chi connectivity index (χ4n) is 2.23. The molecular weight excluding hydrogens is 212 g/mol. The maximum atomic E-state index is 12.1. The Morgan fingerprint density at radius 2 is 2.35 bits per heavy atom. The van der Waals surface area contributed by atoms with Gasteiger partial charge in [0.05, 0.1) is 0 Å². The molecule has 1 aliphatic heterocycles. The smallest absolute Gasteiger partial charge is 0.253 e. The zero-order valence-corrected chi connectivity index (χ0v) is 10.6. The summed E-state index contributed by atoms with van der Waals surface area (Å²) in [5, 5.41) is 3.36. The number of rotatable bonds is 3. The van der Waals surface area contributed by atoms with E-state index >= 15 is 0 Å². The van der Waals surface area contributed by atoms with Crippen LogP contribution >= 0.6 is 0 Å². The zero-order chi connectivity index (χ0) is 12.3. The minimum atomic E-state index is 0.111. The van der Waals surface area contributed by atoms with Crippen LogP contribution in [0.5, 0.6) is 0 Å². The quantitative estimate of drug-likeness (QED) is 0.862. The molecule has 1 aromatic carbocycles. The van der Waals surface area contributed by atoms with Gasteiger partial charge in [0, 0.05) is 25.7 Å². The number of amides is 1. The van der Waals surface area contributed by atoms with Crippen LogP contribution in [0.4, 0.5) is 0 Å². The van der Waals surface area contributed by atoms with Gasteiger partial charge >= 0.3 is 0 Å². The maximum absolute atomic E-state index is 12.1. The van der Waals surface area contributed by atoms with E-state index in [0.29, 0.717) is 5.92 Å². The minimum Gasteiger partial charge on any atom is -0.342 e. The Balaban J connectivity index is 2.18. The molecule has 1 aromatic rings. The highest BCUT2D eigenvalue weighted by molar-refractivity contribution is 5.94. The van der Waals surface area contributed by atoms with Crippen LogP contribution in [0.15, 0.2) is 24.3 Å². The van der Waals surface area contributed by atoms with Crippen molar-refractivity contribution in [1.29, 1.82) is 0 Å². The molecule has 0 aromatic heterocycles. The topological polar surface area (TPSA) is 32.3 Å². The first-order valence-corrected chi connectivity index (χ1v) is 6.28. The van der Waals surface area contributed by atoms with Gasteiger partial charge in [-0.05, 0) is 43.5 Å². The molecule has 17 heavy (non-hydrogen) atoms. The Kier molecular flexibility index (Phi) is 3.79. The lowest BCUT2D eigenvalue weighted by Gasteiger charge is -2.16. The Labute approximate surface area is 103 Å². The second kappa shape index (κ2) is 5.32. The van der Waals surface area contributed by atoms with Gasteiger partial charge in [0.15, 0.2) is 0 Å². The Morgan fingerprint density at radius 1 is 1.53 bits per heavy atom. The molecule has 2 rings (SSSR count). The molecule has 0 saturated carbocycles. The van der Waals surface area contributed by atoms with Crippen LogP contribution in [0.3, 0.4) is 0 Å². The summed E-state index contributed by atoms with van der Waals surface area (Å²) in [4.78, 5) is 13.8. The number of carbonyl (C=O) groups is 1. The van der Waals surface area contributed by atoms with Crippen LogP contribution in [-0.4, -0.2) is 37.5 Å². The third kappa shape index (κ3) is 2.67. The van der Waals surface area contributed by atoms with E-state index in [0.717, 1.165) is 25.2 Å². The van der Waals surface area contributed by atoms with Gasteiger partial charge in [0.2, 0.25) is 0 Å². The van der Waals surface area contributed by atoms with Gasteiger partial charge in [0.25, 0.3) is 5.91 Å². The summed E-state index contributed by atoms with van der Waals surface area (Å²) in [7, 11) is 1.84. The number of nitrogens with one attached hydrogen (secondary N) is 1. The third-order valence-corrected chi connectivity index (χ3v) is 3.49. The lowest BCUT2D eigenvalue weighted by atomic mass is 9.96. The van der Waals surface area contributed by atoms with Crippen LogP contribution < -0.4 is 5.32 Å². The van der Waals surface area contributed by atoms with E-state index in [1.807, 2.05) is 32.2 Å².